The van der Waals surface area contributed by atoms with Gasteiger partial charge in [-0.15, -0.1) is 0 Å². The number of rotatable bonds is 50. The van der Waals surface area contributed by atoms with Gasteiger partial charge in [0.1, 0.15) is 13.2 Å². The van der Waals surface area contributed by atoms with E-state index in [1.807, 2.05) is 0 Å². The van der Waals surface area contributed by atoms with Gasteiger partial charge in [-0.25, -0.2) is 0 Å². The summed E-state index contributed by atoms with van der Waals surface area (Å²) in [4.78, 5) is 38.1. The van der Waals surface area contributed by atoms with Crippen LogP contribution >= 0.6 is 0 Å². The normalized spacial score (nSPS) is 12.9. The van der Waals surface area contributed by atoms with E-state index in [1.54, 1.807) is 0 Å². The molecule has 0 N–H and O–H groups in total. The Kier molecular flexibility index (Phi) is 53.4. The lowest BCUT2D eigenvalue weighted by molar-refractivity contribution is -0.167. The fraction of sp³-hybridized carbons (Fsp3) is 0.667. The van der Waals surface area contributed by atoms with Gasteiger partial charge in [0.05, 0.1) is 0 Å². The molecule has 0 radical (unpaired) electrons. The third kappa shape index (κ3) is 54.9. The Hall–Kier alpha value is -3.93. The number of hydrogen-bond donors (Lipinski definition) is 0. The smallest absolute Gasteiger partial charge is 0.306 e. The molecule has 0 rings (SSSR count). The quantitative estimate of drug-likeness (QED) is 0.0262. The molecule has 69 heavy (non-hydrogen) atoms. The molecular formula is C63H104O6. The Balaban J connectivity index is 4.52. The molecule has 0 saturated carbocycles. The first-order chi connectivity index (χ1) is 34.0. The SMILES string of the molecule is CC/C=C\C/C=C\C/C=C\C/C=C\CCCCCCC(=O)OC[C@H](COC(=O)CCCCCCCCC/C=C\CCCCCC)OC(=O)CCCCC/C=C\C/C=C\C/C=C\C/C=C\CCCCC. The summed E-state index contributed by atoms with van der Waals surface area (Å²) in [7, 11) is 0. The summed E-state index contributed by atoms with van der Waals surface area (Å²) in [5, 5.41) is 0. The number of esters is 3. The van der Waals surface area contributed by atoms with E-state index in [0.717, 1.165) is 122 Å². The molecule has 0 aromatic rings. The molecule has 0 unspecified atom stereocenters. The van der Waals surface area contributed by atoms with Crippen LogP contribution in [-0.2, 0) is 28.6 Å². The molecule has 0 amide bonds. The van der Waals surface area contributed by atoms with Gasteiger partial charge >= 0.3 is 17.9 Å². The lowest BCUT2D eigenvalue weighted by Crippen LogP contribution is -2.30. The van der Waals surface area contributed by atoms with Gasteiger partial charge < -0.3 is 14.2 Å². The first-order valence-electron chi connectivity index (χ1n) is 28.4. The van der Waals surface area contributed by atoms with E-state index >= 15 is 0 Å². The van der Waals surface area contributed by atoms with Crippen LogP contribution in [-0.4, -0.2) is 37.2 Å². The van der Waals surface area contributed by atoms with Crippen molar-refractivity contribution in [1.29, 1.82) is 0 Å². The predicted molar refractivity (Wildman–Crippen MR) is 297 cm³/mol. The number of carbonyl (C=O) groups excluding carboxylic acids is 3. The van der Waals surface area contributed by atoms with Crippen LogP contribution in [0.4, 0.5) is 0 Å². The maximum absolute atomic E-state index is 12.9. The number of ether oxygens (including phenoxy) is 3. The second-order valence-corrected chi connectivity index (χ2v) is 18.5. The molecule has 0 aromatic carbocycles. The van der Waals surface area contributed by atoms with E-state index < -0.39 is 6.10 Å². The minimum atomic E-state index is -0.809. The summed E-state index contributed by atoms with van der Waals surface area (Å²) in [5.41, 5.74) is 0. The Labute approximate surface area is 425 Å². The van der Waals surface area contributed by atoms with Gasteiger partial charge in [0.15, 0.2) is 6.10 Å². The van der Waals surface area contributed by atoms with Gasteiger partial charge in [-0.3, -0.25) is 14.4 Å². The summed E-state index contributed by atoms with van der Waals surface area (Å²) in [5.74, 6) is -0.963. The van der Waals surface area contributed by atoms with Crippen molar-refractivity contribution in [2.75, 3.05) is 13.2 Å². The number of hydrogen-bond acceptors (Lipinski definition) is 6. The van der Waals surface area contributed by atoms with E-state index in [-0.39, 0.29) is 37.5 Å². The minimum absolute atomic E-state index is 0.103. The maximum Gasteiger partial charge on any atom is 0.306 e. The van der Waals surface area contributed by atoms with Gasteiger partial charge in [-0.1, -0.05) is 214 Å². The van der Waals surface area contributed by atoms with Crippen LogP contribution in [0, 0.1) is 0 Å². The molecule has 6 nitrogen and oxygen atoms in total. The zero-order valence-corrected chi connectivity index (χ0v) is 44.8. The zero-order valence-electron chi connectivity index (χ0n) is 44.8. The van der Waals surface area contributed by atoms with Gasteiger partial charge in [-0.05, 0) is 128 Å². The average Bonchev–Trinajstić information content (AvgIpc) is 3.35. The molecule has 392 valence electrons. The van der Waals surface area contributed by atoms with Crippen molar-refractivity contribution in [2.24, 2.45) is 0 Å². The third-order valence-corrected chi connectivity index (χ3v) is 11.7. The van der Waals surface area contributed by atoms with Crippen LogP contribution < -0.4 is 0 Å². The molecule has 6 heteroatoms. The second-order valence-electron chi connectivity index (χ2n) is 18.5. The third-order valence-electron chi connectivity index (χ3n) is 11.7. The second kappa shape index (κ2) is 56.7. The summed E-state index contributed by atoms with van der Waals surface area (Å²) in [6, 6.07) is 0. The molecule has 0 aromatic heterocycles. The average molecular weight is 958 g/mol. The van der Waals surface area contributed by atoms with Gasteiger partial charge in [-0.2, -0.15) is 0 Å². The highest BCUT2D eigenvalue weighted by atomic mass is 16.6. The highest BCUT2D eigenvalue weighted by Crippen LogP contribution is 2.13. The van der Waals surface area contributed by atoms with Crippen molar-refractivity contribution >= 4 is 17.9 Å². The van der Waals surface area contributed by atoms with Crippen LogP contribution in [0.5, 0.6) is 0 Å². The largest absolute Gasteiger partial charge is 0.462 e. The van der Waals surface area contributed by atoms with E-state index in [1.165, 1.54) is 89.9 Å². The standard InChI is InChI=1S/C63H104O6/c1-4-7-10-13-16-19-22-25-28-30-31-33-36-39-42-45-48-51-54-57-63(66)69-60(58-67-61(64)55-52-49-46-43-40-37-34-27-24-21-18-15-12-9-6-3)59-68-62(65)56-53-50-47-44-41-38-35-32-29-26-23-20-17-14-11-8-5-2/h8,11,16-17,19-21,24-26,28-29,31,33,35,38-39,42,60H,4-7,9-10,12-15,18,22-23,27,30,32,34,36-37,40-41,43-59H2,1-3H3/b11-8-,19-16-,20-17-,24-21-,28-25-,29-26-,33-31-,38-35-,42-39-/t60-/m0/s1. The molecule has 0 bridgehead atoms. The van der Waals surface area contributed by atoms with Gasteiger partial charge in [0.2, 0.25) is 0 Å². The Morgan fingerprint density at radius 2 is 0.565 bits per heavy atom. The molecule has 0 aliphatic carbocycles. The van der Waals surface area contributed by atoms with Crippen LogP contribution in [0.2, 0.25) is 0 Å². The lowest BCUT2D eigenvalue weighted by Gasteiger charge is -2.18. The van der Waals surface area contributed by atoms with Crippen molar-refractivity contribution in [3.63, 3.8) is 0 Å². The van der Waals surface area contributed by atoms with Crippen LogP contribution in [0.15, 0.2) is 109 Å². The van der Waals surface area contributed by atoms with Crippen molar-refractivity contribution in [2.45, 2.75) is 258 Å². The first kappa shape index (κ1) is 65.1. The van der Waals surface area contributed by atoms with Crippen molar-refractivity contribution < 1.29 is 28.6 Å². The number of carbonyl (C=O) groups is 3. The Morgan fingerprint density at radius 1 is 0.304 bits per heavy atom. The lowest BCUT2D eigenvalue weighted by atomic mass is 10.1. The summed E-state index contributed by atoms with van der Waals surface area (Å²) >= 11 is 0. The highest BCUT2D eigenvalue weighted by molar-refractivity contribution is 5.71. The van der Waals surface area contributed by atoms with Crippen LogP contribution in [0.3, 0.4) is 0 Å². The van der Waals surface area contributed by atoms with E-state index in [9.17, 15) is 14.4 Å². The monoisotopic (exact) mass is 957 g/mol. The Morgan fingerprint density at radius 3 is 0.942 bits per heavy atom. The first-order valence-corrected chi connectivity index (χ1v) is 28.4. The van der Waals surface area contributed by atoms with Crippen molar-refractivity contribution in [1.82, 2.24) is 0 Å². The molecule has 0 fully saturated rings. The Bertz CT molecular complexity index is 1420. The van der Waals surface area contributed by atoms with Crippen molar-refractivity contribution in [3.05, 3.63) is 109 Å². The molecular weight excluding hydrogens is 853 g/mol. The molecule has 0 aliphatic rings. The zero-order chi connectivity index (χ0) is 50.0. The van der Waals surface area contributed by atoms with E-state index in [0.29, 0.717) is 12.8 Å². The summed E-state index contributed by atoms with van der Waals surface area (Å²) in [6.07, 6.45) is 76.4. The highest BCUT2D eigenvalue weighted by Gasteiger charge is 2.19. The van der Waals surface area contributed by atoms with E-state index in [4.69, 9.17) is 14.2 Å². The van der Waals surface area contributed by atoms with Gasteiger partial charge in [0, 0.05) is 19.3 Å². The van der Waals surface area contributed by atoms with Crippen LogP contribution in [0.25, 0.3) is 0 Å². The molecule has 0 heterocycles. The van der Waals surface area contributed by atoms with Crippen LogP contribution in [0.1, 0.15) is 252 Å². The fourth-order valence-electron chi connectivity index (χ4n) is 7.47. The van der Waals surface area contributed by atoms with E-state index in [2.05, 4.69) is 130 Å². The summed E-state index contributed by atoms with van der Waals surface area (Å²) < 4.78 is 16.8. The minimum Gasteiger partial charge on any atom is -0.462 e. The molecule has 0 spiro atoms. The maximum atomic E-state index is 12.9. The number of allylic oxidation sites excluding steroid dienone is 18. The number of unbranched alkanes of at least 4 members (excludes halogenated alkanes) is 21. The summed E-state index contributed by atoms with van der Waals surface area (Å²) in [6.45, 7) is 6.43. The molecule has 1 atom stereocenters. The topological polar surface area (TPSA) is 78.9 Å². The molecule has 0 saturated heterocycles. The van der Waals surface area contributed by atoms with Gasteiger partial charge in [0.25, 0.3) is 0 Å². The molecule has 0 aliphatic heterocycles. The predicted octanol–water partition coefficient (Wildman–Crippen LogP) is 19.1. The van der Waals surface area contributed by atoms with Crippen molar-refractivity contribution in [3.8, 4) is 0 Å². The fourth-order valence-corrected chi connectivity index (χ4v) is 7.47.